The van der Waals surface area contributed by atoms with Gasteiger partial charge in [-0.05, 0) is 44.9 Å². The Balaban J connectivity index is 2.38. The molecule has 2 aromatic rings. The molecular weight excluding hydrogens is 360 g/mol. The van der Waals surface area contributed by atoms with Crippen molar-refractivity contribution in [2.45, 2.75) is 51.9 Å². The molecule has 2 rings (SSSR count). The minimum absolute atomic E-state index is 0.0981. The van der Waals surface area contributed by atoms with Crippen LogP contribution < -0.4 is 5.56 Å². The number of rotatable bonds is 5. The van der Waals surface area contributed by atoms with Crippen molar-refractivity contribution in [1.82, 2.24) is 9.55 Å². The molecule has 0 fully saturated rings. The predicted molar refractivity (Wildman–Crippen MR) is 102 cm³/mol. The van der Waals surface area contributed by atoms with Gasteiger partial charge in [0.1, 0.15) is 5.60 Å². The smallest absolute Gasteiger partial charge is 0.316 e. The van der Waals surface area contributed by atoms with Crippen molar-refractivity contribution in [3.63, 3.8) is 0 Å². The number of fused-ring (bicyclic) bond motifs is 1. The monoisotopic (exact) mass is 382 g/mol. The van der Waals surface area contributed by atoms with Gasteiger partial charge in [-0.1, -0.05) is 37.2 Å². The maximum atomic E-state index is 12.8. The normalized spacial score (nSPS) is 12.0. The second-order valence-corrected chi connectivity index (χ2v) is 8.62. The van der Waals surface area contributed by atoms with E-state index >= 15 is 0 Å². The van der Waals surface area contributed by atoms with Gasteiger partial charge in [0.15, 0.2) is 5.16 Å². The van der Waals surface area contributed by atoms with Crippen LogP contribution in [0.3, 0.4) is 0 Å². The molecule has 0 radical (unpaired) electrons. The van der Waals surface area contributed by atoms with Crippen molar-refractivity contribution in [3.8, 4) is 0 Å². The van der Waals surface area contributed by atoms with Crippen LogP contribution in [0.15, 0.2) is 28.2 Å². The minimum atomic E-state index is -0.539. The first kappa shape index (κ1) is 19.8. The summed E-state index contributed by atoms with van der Waals surface area (Å²) in [5.41, 5.74) is -0.114. The van der Waals surface area contributed by atoms with Gasteiger partial charge in [-0.3, -0.25) is 14.2 Å². The summed E-state index contributed by atoms with van der Waals surface area (Å²) in [6, 6.07) is 5.05. The number of nitrogens with zero attached hydrogens (tertiary/aromatic N) is 2. The van der Waals surface area contributed by atoms with E-state index in [-0.39, 0.29) is 23.2 Å². The highest BCUT2D eigenvalue weighted by atomic mass is 35.5. The average molecular weight is 383 g/mol. The van der Waals surface area contributed by atoms with E-state index in [0.717, 1.165) is 0 Å². The molecule has 0 amide bonds. The molecule has 0 saturated carbocycles. The lowest BCUT2D eigenvalue weighted by Gasteiger charge is -2.19. The van der Waals surface area contributed by atoms with Crippen LogP contribution in [0.5, 0.6) is 0 Å². The number of esters is 1. The number of ether oxygens (including phenoxy) is 1. The van der Waals surface area contributed by atoms with Crippen LogP contribution >= 0.6 is 23.4 Å². The number of thioether (sulfide) groups is 1. The Morgan fingerprint density at radius 1 is 1.36 bits per heavy atom. The third kappa shape index (κ3) is 5.47. The molecule has 0 unspecified atom stereocenters. The van der Waals surface area contributed by atoms with Gasteiger partial charge in [0, 0.05) is 11.6 Å². The lowest BCUT2D eigenvalue weighted by molar-refractivity contribution is -0.151. The highest BCUT2D eigenvalue weighted by molar-refractivity contribution is 7.99. The molecule has 7 heteroatoms. The molecule has 136 valence electrons. The summed E-state index contributed by atoms with van der Waals surface area (Å²) >= 11 is 7.23. The Morgan fingerprint density at radius 3 is 2.64 bits per heavy atom. The molecule has 0 aliphatic heterocycles. The number of carbonyl (C=O) groups is 1. The molecular formula is C18H23ClN2O3S. The predicted octanol–water partition coefficient (Wildman–Crippen LogP) is 4.14. The maximum Gasteiger partial charge on any atom is 0.316 e. The fourth-order valence-corrected chi connectivity index (χ4v) is 3.26. The largest absolute Gasteiger partial charge is 0.459 e. The molecule has 0 saturated heterocycles. The van der Waals surface area contributed by atoms with E-state index in [0.29, 0.717) is 27.6 Å². The molecule has 0 bridgehead atoms. The molecule has 0 spiro atoms. The highest BCUT2D eigenvalue weighted by Crippen LogP contribution is 2.22. The number of halogens is 1. The second kappa shape index (κ2) is 7.79. The van der Waals surface area contributed by atoms with E-state index in [1.165, 1.54) is 11.8 Å². The molecule has 0 N–H and O–H groups in total. The van der Waals surface area contributed by atoms with Crippen LogP contribution in [-0.4, -0.2) is 26.9 Å². The molecule has 1 aromatic carbocycles. The SMILES string of the molecule is CC(C)Cn1c(SCC(=O)OC(C)(C)C)nc2ccc(Cl)cc2c1=O. The van der Waals surface area contributed by atoms with E-state index in [2.05, 4.69) is 4.98 Å². The Labute approximate surface area is 156 Å². The molecule has 0 atom stereocenters. The first-order valence-corrected chi connectivity index (χ1v) is 9.48. The lowest BCUT2D eigenvalue weighted by Crippen LogP contribution is -2.27. The molecule has 1 heterocycles. The van der Waals surface area contributed by atoms with Crippen molar-refractivity contribution >= 4 is 40.2 Å². The molecule has 0 aliphatic rings. The summed E-state index contributed by atoms with van der Waals surface area (Å²) in [5.74, 6) is 0.0250. The Bertz CT molecular complexity index is 841. The molecule has 0 aliphatic carbocycles. The summed E-state index contributed by atoms with van der Waals surface area (Å²) in [7, 11) is 0. The maximum absolute atomic E-state index is 12.8. The third-order valence-corrected chi connectivity index (χ3v) is 4.35. The van der Waals surface area contributed by atoms with Gasteiger partial charge in [0.05, 0.1) is 16.7 Å². The highest BCUT2D eigenvalue weighted by Gasteiger charge is 2.19. The third-order valence-electron chi connectivity index (χ3n) is 3.17. The first-order chi connectivity index (χ1) is 11.6. The zero-order chi connectivity index (χ0) is 18.8. The molecule has 25 heavy (non-hydrogen) atoms. The Morgan fingerprint density at radius 2 is 2.04 bits per heavy atom. The van der Waals surface area contributed by atoms with Crippen LogP contribution in [0.1, 0.15) is 34.6 Å². The topological polar surface area (TPSA) is 61.2 Å². The fourth-order valence-electron chi connectivity index (χ4n) is 2.30. The van der Waals surface area contributed by atoms with Gasteiger partial charge >= 0.3 is 5.97 Å². The van der Waals surface area contributed by atoms with Gasteiger partial charge in [-0.15, -0.1) is 0 Å². The fraction of sp³-hybridized carbons (Fsp3) is 0.500. The molecule has 5 nitrogen and oxygen atoms in total. The minimum Gasteiger partial charge on any atom is -0.459 e. The zero-order valence-corrected chi connectivity index (χ0v) is 16.7. The molecule has 1 aromatic heterocycles. The number of carbonyl (C=O) groups excluding carboxylic acids is 1. The van der Waals surface area contributed by atoms with E-state index in [4.69, 9.17) is 16.3 Å². The first-order valence-electron chi connectivity index (χ1n) is 8.11. The van der Waals surface area contributed by atoms with Crippen molar-refractivity contribution in [3.05, 3.63) is 33.6 Å². The number of hydrogen-bond donors (Lipinski definition) is 0. The van der Waals surface area contributed by atoms with Crippen LogP contribution in [0.2, 0.25) is 5.02 Å². The quantitative estimate of drug-likeness (QED) is 0.442. The second-order valence-electron chi connectivity index (χ2n) is 7.24. The summed E-state index contributed by atoms with van der Waals surface area (Å²) in [6.07, 6.45) is 0. The van der Waals surface area contributed by atoms with Gasteiger partial charge in [-0.25, -0.2) is 4.98 Å². The van der Waals surface area contributed by atoms with Crippen molar-refractivity contribution in [2.75, 3.05) is 5.75 Å². The summed E-state index contributed by atoms with van der Waals surface area (Å²) < 4.78 is 6.93. The zero-order valence-electron chi connectivity index (χ0n) is 15.1. The van der Waals surface area contributed by atoms with Crippen molar-refractivity contribution in [2.24, 2.45) is 5.92 Å². The summed E-state index contributed by atoms with van der Waals surface area (Å²) in [6.45, 7) is 10.0. The van der Waals surface area contributed by atoms with Gasteiger partial charge in [0.2, 0.25) is 0 Å². The van der Waals surface area contributed by atoms with Crippen LogP contribution in [0.4, 0.5) is 0 Å². The number of aromatic nitrogens is 2. The van der Waals surface area contributed by atoms with E-state index in [9.17, 15) is 9.59 Å². The summed E-state index contributed by atoms with van der Waals surface area (Å²) in [4.78, 5) is 29.4. The standard InChI is InChI=1S/C18H23ClN2O3S/c1-11(2)9-21-16(23)13-8-12(19)6-7-14(13)20-17(21)25-10-15(22)24-18(3,4)5/h6-8,11H,9-10H2,1-5H3. The van der Waals surface area contributed by atoms with E-state index < -0.39 is 5.60 Å². The summed E-state index contributed by atoms with van der Waals surface area (Å²) in [5, 5.41) is 1.49. The van der Waals surface area contributed by atoms with Crippen molar-refractivity contribution < 1.29 is 9.53 Å². The van der Waals surface area contributed by atoms with Crippen LogP contribution in [0, 0.1) is 5.92 Å². The number of benzene rings is 1. The van der Waals surface area contributed by atoms with Crippen LogP contribution in [0.25, 0.3) is 10.9 Å². The van der Waals surface area contributed by atoms with Gasteiger partial charge in [0.25, 0.3) is 5.56 Å². The van der Waals surface area contributed by atoms with Crippen LogP contribution in [-0.2, 0) is 16.1 Å². The van der Waals surface area contributed by atoms with Gasteiger partial charge in [-0.2, -0.15) is 0 Å². The Kier molecular flexibility index (Phi) is 6.16. The van der Waals surface area contributed by atoms with E-state index in [1.807, 2.05) is 34.6 Å². The Hall–Kier alpha value is -1.53. The lowest BCUT2D eigenvalue weighted by atomic mass is 10.2. The number of hydrogen-bond acceptors (Lipinski definition) is 5. The average Bonchev–Trinajstić information content (AvgIpc) is 2.47. The van der Waals surface area contributed by atoms with E-state index in [1.54, 1.807) is 22.8 Å². The van der Waals surface area contributed by atoms with Crippen molar-refractivity contribution in [1.29, 1.82) is 0 Å². The van der Waals surface area contributed by atoms with Gasteiger partial charge < -0.3 is 4.74 Å².